The number of thioether (sulfide) groups is 1. The predicted octanol–water partition coefficient (Wildman–Crippen LogP) is 4.50. The van der Waals surface area contributed by atoms with Crippen LogP contribution in [0.15, 0.2) is 72.1 Å². The lowest BCUT2D eigenvalue weighted by atomic mass is 10.0. The minimum atomic E-state index is -0.923. The smallest absolute Gasteiger partial charge is 0.303 e. The molecule has 3 N–H and O–H groups in total. The first-order valence-corrected chi connectivity index (χ1v) is 13.0. The number of nitrogens with one attached hydrogen (secondary N) is 1. The van der Waals surface area contributed by atoms with Gasteiger partial charge >= 0.3 is 5.97 Å². The fraction of sp³-hybridized carbons (Fsp3) is 0.333. The number of aliphatic carboxylic acids is 1. The second-order valence-corrected chi connectivity index (χ2v) is 9.60. The molecule has 1 amide bonds. The number of carbonyl (C=O) groups excluding carboxylic acids is 1. The highest BCUT2D eigenvalue weighted by molar-refractivity contribution is 7.99. The van der Waals surface area contributed by atoms with Gasteiger partial charge in [-0.25, -0.2) is 9.97 Å². The molecule has 10 heteroatoms. The van der Waals surface area contributed by atoms with Gasteiger partial charge < -0.3 is 25.0 Å². The number of hydrogen-bond donors (Lipinski definition) is 3. The fourth-order valence-corrected chi connectivity index (χ4v) is 4.76. The normalized spacial score (nSPS) is 19.3. The highest BCUT2D eigenvalue weighted by Crippen LogP contribution is 2.39. The van der Waals surface area contributed by atoms with E-state index in [1.54, 1.807) is 24.5 Å². The zero-order valence-corrected chi connectivity index (χ0v) is 21.0. The van der Waals surface area contributed by atoms with Crippen molar-refractivity contribution in [3.63, 3.8) is 0 Å². The van der Waals surface area contributed by atoms with Gasteiger partial charge in [0.25, 0.3) is 0 Å². The van der Waals surface area contributed by atoms with Crippen LogP contribution in [0.5, 0.6) is 0 Å². The Bertz CT molecular complexity index is 1180. The van der Waals surface area contributed by atoms with Gasteiger partial charge in [-0.2, -0.15) is 0 Å². The van der Waals surface area contributed by atoms with Gasteiger partial charge in [0.15, 0.2) is 11.4 Å². The van der Waals surface area contributed by atoms with E-state index < -0.39 is 12.3 Å². The molecule has 1 fully saturated rings. The van der Waals surface area contributed by atoms with Crippen molar-refractivity contribution in [2.45, 2.75) is 55.9 Å². The molecule has 0 spiro atoms. The minimum Gasteiger partial charge on any atom is -0.481 e. The Morgan fingerprint density at radius 2 is 1.78 bits per heavy atom. The molecule has 3 aromatic rings. The van der Waals surface area contributed by atoms with Crippen LogP contribution in [-0.2, 0) is 25.7 Å². The number of benzene rings is 2. The minimum absolute atomic E-state index is 0.0251. The number of anilines is 1. The Labute approximate surface area is 219 Å². The van der Waals surface area contributed by atoms with Crippen LogP contribution in [0.4, 0.5) is 5.69 Å². The largest absolute Gasteiger partial charge is 0.481 e. The van der Waals surface area contributed by atoms with E-state index in [2.05, 4.69) is 15.3 Å². The Kier molecular flexibility index (Phi) is 9.61. The molecule has 194 valence electrons. The maximum absolute atomic E-state index is 12.2. The summed E-state index contributed by atoms with van der Waals surface area (Å²) in [5.74, 6) is -0.536. The topological polar surface area (TPSA) is 131 Å². The molecule has 0 aliphatic carbocycles. The van der Waals surface area contributed by atoms with Crippen molar-refractivity contribution in [1.29, 1.82) is 0 Å². The number of carbonyl (C=O) groups is 2. The number of carboxylic acids is 1. The molecular formula is C27H29N3O6S. The molecular weight excluding hydrogens is 494 g/mol. The molecule has 3 atom stereocenters. The number of ether oxygens (including phenoxy) is 2. The molecule has 9 nitrogen and oxygen atoms in total. The Morgan fingerprint density at radius 1 is 1.00 bits per heavy atom. The molecule has 1 aromatic heterocycles. The molecule has 1 aliphatic heterocycles. The van der Waals surface area contributed by atoms with Crippen molar-refractivity contribution < 1.29 is 29.3 Å². The zero-order chi connectivity index (χ0) is 26.0. The van der Waals surface area contributed by atoms with Gasteiger partial charge in [-0.3, -0.25) is 9.59 Å². The summed E-state index contributed by atoms with van der Waals surface area (Å²) in [6, 6.07) is 16.7. The van der Waals surface area contributed by atoms with Gasteiger partial charge in [-0.15, -0.1) is 0 Å². The van der Waals surface area contributed by atoms with Crippen LogP contribution in [0.2, 0.25) is 0 Å². The number of aliphatic hydroxyl groups is 1. The lowest BCUT2D eigenvalue weighted by molar-refractivity contribution is -0.245. The fourth-order valence-electron chi connectivity index (χ4n) is 3.94. The Balaban J connectivity index is 1.48. The lowest BCUT2D eigenvalue weighted by Crippen LogP contribution is -2.31. The molecule has 2 aromatic carbocycles. The number of aromatic nitrogens is 2. The molecule has 1 saturated heterocycles. The first kappa shape index (κ1) is 26.7. The second-order valence-electron chi connectivity index (χ2n) is 8.61. The molecule has 2 heterocycles. The molecule has 0 bridgehead atoms. The third-order valence-electron chi connectivity index (χ3n) is 5.79. The van der Waals surface area contributed by atoms with E-state index in [9.17, 15) is 14.7 Å². The number of hydrogen-bond acceptors (Lipinski definition) is 8. The van der Waals surface area contributed by atoms with Gasteiger partial charge in [0.1, 0.15) is 0 Å². The molecule has 1 aliphatic rings. The van der Waals surface area contributed by atoms with E-state index in [-0.39, 0.29) is 44.0 Å². The Morgan fingerprint density at radius 3 is 2.51 bits per heavy atom. The number of carboxylic acid groups (broad SMARTS) is 1. The van der Waals surface area contributed by atoms with Crippen molar-refractivity contribution >= 4 is 29.3 Å². The summed E-state index contributed by atoms with van der Waals surface area (Å²) in [6.45, 7) is -0.0251. The number of aliphatic hydroxyl groups excluding tert-OH is 1. The maximum Gasteiger partial charge on any atom is 0.303 e. The standard InChI is InChI=1S/C27H29N3O6S/c31-16-18-8-10-19(11-9-18)23-15-22(17-37-27-28-12-3-13-29-27)35-26(36-23)20-4-1-5-21(14-20)30-24(32)6-2-7-25(33)34/h1,3-5,8-14,22-23,26,31H,2,6-7,15-17H2,(H,30,32)(H,33,34)/t22-,23+,26+/m0/s1. The van der Waals surface area contributed by atoms with Crippen LogP contribution >= 0.6 is 11.8 Å². The van der Waals surface area contributed by atoms with E-state index in [0.29, 0.717) is 23.0 Å². The predicted molar refractivity (Wildman–Crippen MR) is 138 cm³/mol. The molecule has 0 unspecified atom stereocenters. The van der Waals surface area contributed by atoms with Gasteiger partial charge in [-0.05, 0) is 35.7 Å². The highest BCUT2D eigenvalue weighted by atomic mass is 32.2. The summed E-state index contributed by atoms with van der Waals surface area (Å²) in [5.41, 5.74) is 3.15. The van der Waals surface area contributed by atoms with Crippen molar-refractivity contribution in [1.82, 2.24) is 9.97 Å². The van der Waals surface area contributed by atoms with E-state index in [1.165, 1.54) is 11.8 Å². The van der Waals surface area contributed by atoms with Gasteiger partial charge in [0, 0.05) is 48.7 Å². The maximum atomic E-state index is 12.2. The average molecular weight is 524 g/mol. The molecule has 0 radical (unpaired) electrons. The summed E-state index contributed by atoms with van der Waals surface area (Å²) < 4.78 is 12.7. The monoisotopic (exact) mass is 523 g/mol. The zero-order valence-electron chi connectivity index (χ0n) is 20.2. The highest BCUT2D eigenvalue weighted by Gasteiger charge is 2.32. The van der Waals surface area contributed by atoms with Crippen molar-refractivity contribution in [3.05, 3.63) is 83.7 Å². The van der Waals surface area contributed by atoms with Crippen LogP contribution in [0, 0.1) is 0 Å². The van der Waals surface area contributed by atoms with Crippen LogP contribution in [0.1, 0.15) is 54.8 Å². The van der Waals surface area contributed by atoms with Gasteiger partial charge in [0.2, 0.25) is 5.91 Å². The lowest BCUT2D eigenvalue weighted by Gasteiger charge is -2.36. The van der Waals surface area contributed by atoms with E-state index >= 15 is 0 Å². The molecule has 37 heavy (non-hydrogen) atoms. The SMILES string of the molecule is O=C(O)CCCC(=O)Nc1cccc([C@@H]2O[C@H](CSc3ncccn3)C[C@H](c3ccc(CO)cc3)O2)c1. The summed E-state index contributed by atoms with van der Waals surface area (Å²) in [7, 11) is 0. The first-order chi connectivity index (χ1) is 18.0. The third kappa shape index (κ3) is 8.09. The number of rotatable bonds is 11. The summed E-state index contributed by atoms with van der Waals surface area (Å²) in [5, 5.41) is 21.7. The van der Waals surface area contributed by atoms with Crippen molar-refractivity contribution in [2.75, 3.05) is 11.1 Å². The van der Waals surface area contributed by atoms with Crippen molar-refractivity contribution in [3.8, 4) is 0 Å². The summed E-state index contributed by atoms with van der Waals surface area (Å²) in [6.07, 6.45) is 3.35. The molecule has 4 rings (SSSR count). The first-order valence-electron chi connectivity index (χ1n) is 12.0. The van der Waals surface area contributed by atoms with Crippen LogP contribution in [0.3, 0.4) is 0 Å². The van der Waals surface area contributed by atoms with Crippen LogP contribution in [0.25, 0.3) is 0 Å². The van der Waals surface area contributed by atoms with E-state index in [4.69, 9.17) is 14.6 Å². The third-order valence-corrected chi connectivity index (χ3v) is 6.80. The average Bonchev–Trinajstić information content (AvgIpc) is 2.92. The van der Waals surface area contributed by atoms with Gasteiger partial charge in [-0.1, -0.05) is 48.2 Å². The van der Waals surface area contributed by atoms with E-state index in [0.717, 1.165) is 16.7 Å². The van der Waals surface area contributed by atoms with Crippen LogP contribution < -0.4 is 5.32 Å². The van der Waals surface area contributed by atoms with Gasteiger partial charge in [0.05, 0.1) is 18.8 Å². The molecule has 0 saturated carbocycles. The van der Waals surface area contributed by atoms with Crippen molar-refractivity contribution in [2.24, 2.45) is 0 Å². The summed E-state index contributed by atoms with van der Waals surface area (Å²) >= 11 is 1.51. The summed E-state index contributed by atoms with van der Waals surface area (Å²) in [4.78, 5) is 31.5. The Hall–Kier alpha value is -3.31. The van der Waals surface area contributed by atoms with Crippen LogP contribution in [-0.4, -0.2) is 43.9 Å². The van der Waals surface area contributed by atoms with E-state index in [1.807, 2.05) is 42.5 Å². The quantitative estimate of drug-likeness (QED) is 0.246. The number of nitrogens with zero attached hydrogens (tertiary/aromatic N) is 2. The number of amides is 1. The second kappa shape index (κ2) is 13.3.